The summed E-state index contributed by atoms with van der Waals surface area (Å²) in [4.78, 5) is 2.80. The second-order valence-corrected chi connectivity index (χ2v) is 6.01. The van der Waals surface area contributed by atoms with Crippen molar-refractivity contribution in [3.63, 3.8) is 0 Å². The lowest BCUT2D eigenvalue weighted by atomic mass is 10.1. The van der Waals surface area contributed by atoms with Gasteiger partial charge in [0.05, 0.1) is 0 Å². The maximum Gasteiger partial charge on any atom is 0.0409 e. The average molecular weight is 273 g/mol. The van der Waals surface area contributed by atoms with Crippen molar-refractivity contribution >= 4 is 11.3 Å². The summed E-state index contributed by atoms with van der Waals surface area (Å²) in [6, 6.07) is 14.0. The summed E-state index contributed by atoms with van der Waals surface area (Å²) in [7, 11) is 2.03. The topological polar surface area (TPSA) is 12.0 Å². The van der Waals surface area contributed by atoms with Crippen molar-refractivity contribution in [2.75, 3.05) is 7.05 Å². The molecule has 2 heteroatoms. The molecule has 0 saturated heterocycles. The van der Waals surface area contributed by atoms with Crippen LogP contribution in [0.4, 0.5) is 0 Å². The highest BCUT2D eigenvalue weighted by atomic mass is 32.1. The minimum atomic E-state index is 0.484. The summed E-state index contributed by atoms with van der Waals surface area (Å²) in [5.41, 5.74) is 2.77. The summed E-state index contributed by atoms with van der Waals surface area (Å²) >= 11 is 1.90. The third-order valence-electron chi connectivity index (χ3n) is 3.50. The van der Waals surface area contributed by atoms with Crippen LogP contribution in [0, 0.1) is 0 Å². The highest BCUT2D eigenvalue weighted by Crippen LogP contribution is 2.32. The molecule has 102 valence electrons. The Balaban J connectivity index is 2.17. The zero-order valence-corrected chi connectivity index (χ0v) is 12.9. The van der Waals surface area contributed by atoms with Crippen molar-refractivity contribution < 1.29 is 0 Å². The monoisotopic (exact) mass is 273 g/mol. The van der Waals surface area contributed by atoms with Crippen molar-refractivity contribution in [1.29, 1.82) is 0 Å². The number of aryl methyl sites for hydroxylation is 1. The minimum Gasteiger partial charge on any atom is -0.312 e. The van der Waals surface area contributed by atoms with Gasteiger partial charge in [-0.05, 0) is 43.1 Å². The van der Waals surface area contributed by atoms with Crippen LogP contribution in [0.25, 0.3) is 10.4 Å². The molecule has 1 nitrogen and oxygen atoms in total. The molecule has 1 aromatic heterocycles. The molecule has 1 heterocycles. The molecule has 0 bridgehead atoms. The van der Waals surface area contributed by atoms with Gasteiger partial charge in [0.1, 0.15) is 0 Å². The Morgan fingerprint density at radius 2 is 1.79 bits per heavy atom. The minimum absolute atomic E-state index is 0.484. The van der Waals surface area contributed by atoms with Gasteiger partial charge in [0.15, 0.2) is 0 Å². The molecule has 0 spiro atoms. The Kier molecular flexibility index (Phi) is 5.17. The van der Waals surface area contributed by atoms with Gasteiger partial charge in [0.25, 0.3) is 0 Å². The quantitative estimate of drug-likeness (QED) is 0.777. The van der Waals surface area contributed by atoms with Crippen LogP contribution < -0.4 is 5.32 Å². The maximum absolute atomic E-state index is 3.37. The van der Waals surface area contributed by atoms with Crippen LogP contribution in [0.5, 0.6) is 0 Å². The Bertz CT molecular complexity index is 494. The van der Waals surface area contributed by atoms with Crippen LogP contribution in [0.15, 0.2) is 36.4 Å². The van der Waals surface area contributed by atoms with E-state index >= 15 is 0 Å². The zero-order valence-electron chi connectivity index (χ0n) is 12.1. The lowest BCUT2D eigenvalue weighted by Gasteiger charge is -2.10. The Morgan fingerprint density at radius 1 is 1.05 bits per heavy atom. The van der Waals surface area contributed by atoms with E-state index in [0.717, 1.165) is 6.42 Å². The summed E-state index contributed by atoms with van der Waals surface area (Å²) in [6.07, 6.45) is 3.52. The molecule has 2 rings (SSSR count). The molecule has 0 aliphatic carbocycles. The highest BCUT2D eigenvalue weighted by Gasteiger charge is 2.10. The molecule has 2 aromatic rings. The molecule has 0 aliphatic rings. The van der Waals surface area contributed by atoms with Gasteiger partial charge in [0, 0.05) is 15.8 Å². The van der Waals surface area contributed by atoms with Gasteiger partial charge in [-0.2, -0.15) is 0 Å². The van der Waals surface area contributed by atoms with Crippen LogP contribution in [0.1, 0.15) is 43.2 Å². The molecule has 0 radical (unpaired) electrons. The van der Waals surface area contributed by atoms with Crippen LogP contribution in [-0.4, -0.2) is 7.05 Å². The number of benzene rings is 1. The fourth-order valence-corrected chi connectivity index (χ4v) is 3.57. The smallest absolute Gasteiger partial charge is 0.0409 e. The summed E-state index contributed by atoms with van der Waals surface area (Å²) in [6.45, 7) is 4.45. The zero-order chi connectivity index (χ0) is 13.7. The second-order valence-electron chi connectivity index (χ2n) is 4.90. The van der Waals surface area contributed by atoms with Crippen molar-refractivity contribution in [1.82, 2.24) is 5.32 Å². The van der Waals surface area contributed by atoms with E-state index < -0.39 is 0 Å². The Labute approximate surface area is 120 Å². The SMILES string of the molecule is CCCc1ccc(-c2ccc(C(CC)NC)s2)cc1. The number of thiophene rings is 1. The van der Waals surface area contributed by atoms with Gasteiger partial charge in [-0.1, -0.05) is 44.5 Å². The first kappa shape index (κ1) is 14.3. The normalized spacial score (nSPS) is 12.6. The summed E-state index contributed by atoms with van der Waals surface area (Å²) in [5.74, 6) is 0. The molecule has 1 N–H and O–H groups in total. The van der Waals surface area contributed by atoms with Crippen molar-refractivity contribution in [3.8, 4) is 10.4 Å². The first-order chi connectivity index (χ1) is 9.28. The first-order valence-electron chi connectivity index (χ1n) is 7.14. The van der Waals surface area contributed by atoms with Gasteiger partial charge < -0.3 is 5.32 Å². The van der Waals surface area contributed by atoms with Crippen LogP contribution in [0.2, 0.25) is 0 Å². The molecule has 0 amide bonds. The van der Waals surface area contributed by atoms with E-state index in [2.05, 4.69) is 55.6 Å². The van der Waals surface area contributed by atoms with Crippen molar-refractivity contribution in [2.45, 2.75) is 39.2 Å². The van der Waals surface area contributed by atoms with E-state index in [-0.39, 0.29) is 0 Å². The lowest BCUT2D eigenvalue weighted by molar-refractivity contribution is 0.586. The number of rotatable bonds is 6. The van der Waals surface area contributed by atoms with E-state index in [1.165, 1.54) is 33.7 Å². The number of hydrogen-bond donors (Lipinski definition) is 1. The Hall–Kier alpha value is -1.12. The number of hydrogen-bond acceptors (Lipinski definition) is 2. The molecular weight excluding hydrogens is 250 g/mol. The van der Waals surface area contributed by atoms with E-state index in [4.69, 9.17) is 0 Å². The number of nitrogens with one attached hydrogen (secondary N) is 1. The van der Waals surface area contributed by atoms with Crippen LogP contribution in [0.3, 0.4) is 0 Å². The van der Waals surface area contributed by atoms with E-state index in [1.807, 2.05) is 18.4 Å². The molecule has 1 atom stereocenters. The van der Waals surface area contributed by atoms with E-state index in [1.54, 1.807) is 0 Å². The maximum atomic E-state index is 3.37. The summed E-state index contributed by atoms with van der Waals surface area (Å²) < 4.78 is 0. The molecule has 0 saturated carbocycles. The largest absolute Gasteiger partial charge is 0.312 e. The molecule has 1 unspecified atom stereocenters. The van der Waals surface area contributed by atoms with Crippen molar-refractivity contribution in [3.05, 3.63) is 46.8 Å². The van der Waals surface area contributed by atoms with Crippen LogP contribution >= 0.6 is 11.3 Å². The van der Waals surface area contributed by atoms with E-state index in [0.29, 0.717) is 6.04 Å². The average Bonchev–Trinajstić information content (AvgIpc) is 2.91. The van der Waals surface area contributed by atoms with Gasteiger partial charge in [-0.3, -0.25) is 0 Å². The fourth-order valence-electron chi connectivity index (χ4n) is 2.37. The predicted molar refractivity (Wildman–Crippen MR) is 85.8 cm³/mol. The molecule has 0 fully saturated rings. The van der Waals surface area contributed by atoms with E-state index in [9.17, 15) is 0 Å². The Morgan fingerprint density at radius 3 is 2.37 bits per heavy atom. The predicted octanol–water partition coefficient (Wildman–Crippen LogP) is 5.04. The molecular formula is C17H23NS. The molecule has 1 aromatic carbocycles. The van der Waals surface area contributed by atoms with Gasteiger partial charge in [0.2, 0.25) is 0 Å². The molecule has 19 heavy (non-hydrogen) atoms. The molecule has 0 aliphatic heterocycles. The second kappa shape index (κ2) is 6.88. The fraction of sp³-hybridized carbons (Fsp3) is 0.412. The lowest BCUT2D eigenvalue weighted by Crippen LogP contribution is -2.13. The highest BCUT2D eigenvalue weighted by molar-refractivity contribution is 7.15. The van der Waals surface area contributed by atoms with Crippen LogP contribution in [-0.2, 0) is 6.42 Å². The first-order valence-corrected chi connectivity index (χ1v) is 7.96. The van der Waals surface area contributed by atoms with Gasteiger partial charge >= 0.3 is 0 Å². The van der Waals surface area contributed by atoms with Gasteiger partial charge in [-0.15, -0.1) is 11.3 Å². The third kappa shape index (κ3) is 3.46. The summed E-state index contributed by atoms with van der Waals surface area (Å²) in [5, 5.41) is 3.37. The van der Waals surface area contributed by atoms with Gasteiger partial charge in [-0.25, -0.2) is 0 Å². The van der Waals surface area contributed by atoms with Crippen molar-refractivity contribution in [2.24, 2.45) is 0 Å². The third-order valence-corrected chi connectivity index (χ3v) is 4.75. The standard InChI is InChI=1S/C17H23NS/c1-4-6-13-7-9-14(10-8-13)16-11-12-17(19-16)15(5-2)18-3/h7-12,15,18H,4-6H2,1-3H3.